The lowest BCUT2D eigenvalue weighted by atomic mass is 9.93. The number of anilines is 1. The Kier molecular flexibility index (Phi) is 5.75. The number of benzene rings is 2. The van der Waals surface area contributed by atoms with Gasteiger partial charge in [-0.1, -0.05) is 23.7 Å². The van der Waals surface area contributed by atoms with E-state index in [0.29, 0.717) is 39.0 Å². The summed E-state index contributed by atoms with van der Waals surface area (Å²) in [6.07, 6.45) is 0. The maximum Gasteiger partial charge on any atom is 0.319 e. The highest BCUT2D eigenvalue weighted by Gasteiger charge is 2.33. The molecule has 7 nitrogen and oxygen atoms in total. The minimum atomic E-state index is -0.735. The Labute approximate surface area is 167 Å². The lowest BCUT2D eigenvalue weighted by Crippen LogP contribution is -2.46. The normalized spacial score (nSPS) is 16.1. The minimum Gasteiger partial charge on any atom is -0.497 e. The number of urea groups is 1. The number of methoxy groups -OCH3 is 2. The Hall–Kier alpha value is -3.19. The van der Waals surface area contributed by atoms with Crippen LogP contribution in [0.1, 0.15) is 18.5 Å². The number of hydrogen-bond acceptors (Lipinski definition) is 4. The smallest absolute Gasteiger partial charge is 0.319 e. The molecule has 1 aliphatic heterocycles. The van der Waals surface area contributed by atoms with Crippen LogP contribution in [0, 0.1) is 0 Å². The Balaban J connectivity index is 2.04. The highest BCUT2D eigenvalue weighted by atomic mass is 35.5. The number of hydrogen-bond donors (Lipinski definition) is 3. The molecular formula is C20H20ClN3O4. The number of amides is 3. The molecule has 0 aliphatic carbocycles. The molecule has 3 N–H and O–H groups in total. The van der Waals surface area contributed by atoms with Gasteiger partial charge in [-0.15, -0.1) is 0 Å². The van der Waals surface area contributed by atoms with E-state index in [9.17, 15) is 9.59 Å². The van der Waals surface area contributed by atoms with Crippen LogP contribution in [-0.2, 0) is 4.79 Å². The molecule has 0 bridgehead atoms. The van der Waals surface area contributed by atoms with Crippen molar-refractivity contribution in [3.05, 3.63) is 64.3 Å². The first-order chi connectivity index (χ1) is 13.4. The summed E-state index contributed by atoms with van der Waals surface area (Å²) in [6, 6.07) is 11.0. The molecule has 0 radical (unpaired) electrons. The molecule has 2 aromatic carbocycles. The van der Waals surface area contributed by atoms with Crippen molar-refractivity contribution in [1.82, 2.24) is 10.6 Å². The third-order valence-electron chi connectivity index (χ3n) is 4.38. The van der Waals surface area contributed by atoms with Crippen molar-refractivity contribution in [2.75, 3.05) is 19.5 Å². The summed E-state index contributed by atoms with van der Waals surface area (Å²) in [4.78, 5) is 25.2. The van der Waals surface area contributed by atoms with Crippen LogP contribution in [0.4, 0.5) is 10.5 Å². The Morgan fingerprint density at radius 3 is 2.57 bits per heavy atom. The van der Waals surface area contributed by atoms with Crippen molar-refractivity contribution in [1.29, 1.82) is 0 Å². The van der Waals surface area contributed by atoms with Gasteiger partial charge in [-0.2, -0.15) is 0 Å². The fraction of sp³-hybridized carbons (Fsp3) is 0.200. The molecule has 2 aromatic rings. The highest BCUT2D eigenvalue weighted by molar-refractivity contribution is 6.33. The Morgan fingerprint density at radius 1 is 1.14 bits per heavy atom. The molecule has 1 unspecified atom stereocenters. The predicted octanol–water partition coefficient (Wildman–Crippen LogP) is 3.62. The van der Waals surface area contributed by atoms with Crippen molar-refractivity contribution >= 4 is 29.2 Å². The fourth-order valence-corrected chi connectivity index (χ4v) is 3.23. The van der Waals surface area contributed by atoms with Crippen molar-refractivity contribution in [2.24, 2.45) is 0 Å². The van der Waals surface area contributed by atoms with Gasteiger partial charge in [0.2, 0.25) is 0 Å². The van der Waals surface area contributed by atoms with Crippen LogP contribution < -0.4 is 25.4 Å². The topological polar surface area (TPSA) is 88.7 Å². The summed E-state index contributed by atoms with van der Waals surface area (Å²) in [7, 11) is 3.06. The molecule has 3 rings (SSSR count). The van der Waals surface area contributed by atoms with Gasteiger partial charge in [0.15, 0.2) is 0 Å². The third kappa shape index (κ3) is 3.89. The molecule has 0 fully saturated rings. The van der Waals surface area contributed by atoms with Gasteiger partial charge in [-0.3, -0.25) is 4.79 Å². The summed E-state index contributed by atoms with van der Waals surface area (Å²) < 4.78 is 10.7. The molecule has 0 spiro atoms. The van der Waals surface area contributed by atoms with Gasteiger partial charge in [0.1, 0.15) is 11.5 Å². The number of rotatable bonds is 5. The standard InChI is InChI=1S/C20H20ClN3O4/c1-11-17(19(25)23-15-7-5-4-6-14(15)21)18(24-20(26)22-11)13-10-12(27-2)8-9-16(13)28-3/h4-10,18H,1-3H3,(H,23,25)(H2,22,24,26). The van der Waals surface area contributed by atoms with E-state index >= 15 is 0 Å². The summed E-state index contributed by atoms with van der Waals surface area (Å²) >= 11 is 6.15. The molecule has 146 valence electrons. The summed E-state index contributed by atoms with van der Waals surface area (Å²) in [6.45, 7) is 1.67. The molecule has 1 atom stereocenters. The largest absolute Gasteiger partial charge is 0.497 e. The van der Waals surface area contributed by atoms with E-state index in [2.05, 4.69) is 16.0 Å². The number of carbonyl (C=O) groups is 2. The third-order valence-corrected chi connectivity index (χ3v) is 4.71. The zero-order valence-electron chi connectivity index (χ0n) is 15.6. The van der Waals surface area contributed by atoms with Crippen molar-refractivity contribution in [3.63, 3.8) is 0 Å². The summed E-state index contributed by atoms with van der Waals surface area (Å²) in [5.74, 6) is 0.698. The Morgan fingerprint density at radius 2 is 1.89 bits per heavy atom. The monoisotopic (exact) mass is 401 g/mol. The number of ether oxygens (including phenoxy) is 2. The molecule has 0 aromatic heterocycles. The van der Waals surface area contributed by atoms with Gasteiger partial charge in [-0.05, 0) is 37.3 Å². The van der Waals surface area contributed by atoms with E-state index in [1.54, 1.807) is 56.5 Å². The minimum absolute atomic E-state index is 0.339. The lowest BCUT2D eigenvalue weighted by molar-refractivity contribution is -0.113. The molecule has 1 aliphatic rings. The van der Waals surface area contributed by atoms with E-state index in [-0.39, 0.29) is 0 Å². The first-order valence-electron chi connectivity index (χ1n) is 8.50. The summed E-state index contributed by atoms with van der Waals surface area (Å²) in [5.41, 5.74) is 1.84. The van der Waals surface area contributed by atoms with E-state index in [4.69, 9.17) is 21.1 Å². The SMILES string of the molecule is COc1ccc(OC)c(C2NC(=O)NC(C)=C2C(=O)Nc2ccccc2Cl)c1. The first kappa shape index (κ1) is 19.6. The zero-order chi connectivity index (χ0) is 20.3. The van der Waals surface area contributed by atoms with Crippen LogP contribution >= 0.6 is 11.6 Å². The van der Waals surface area contributed by atoms with E-state index < -0.39 is 18.0 Å². The Bertz CT molecular complexity index is 958. The quantitative estimate of drug-likeness (QED) is 0.713. The van der Waals surface area contributed by atoms with E-state index in [1.165, 1.54) is 7.11 Å². The molecule has 28 heavy (non-hydrogen) atoms. The average molecular weight is 402 g/mol. The first-order valence-corrected chi connectivity index (χ1v) is 8.88. The van der Waals surface area contributed by atoms with Crippen molar-refractivity contribution in [2.45, 2.75) is 13.0 Å². The van der Waals surface area contributed by atoms with Crippen molar-refractivity contribution < 1.29 is 19.1 Å². The van der Waals surface area contributed by atoms with Gasteiger partial charge >= 0.3 is 6.03 Å². The van der Waals surface area contributed by atoms with Crippen LogP contribution in [0.2, 0.25) is 5.02 Å². The molecule has 8 heteroatoms. The second-order valence-electron chi connectivity index (χ2n) is 6.11. The number of allylic oxidation sites excluding steroid dienone is 1. The second-order valence-corrected chi connectivity index (χ2v) is 6.52. The lowest BCUT2D eigenvalue weighted by Gasteiger charge is -2.29. The fourth-order valence-electron chi connectivity index (χ4n) is 3.05. The molecular weight excluding hydrogens is 382 g/mol. The molecule has 0 saturated carbocycles. The van der Waals surface area contributed by atoms with Gasteiger partial charge in [0.05, 0.1) is 36.5 Å². The maximum absolute atomic E-state index is 13.1. The second kappa shape index (κ2) is 8.22. The average Bonchev–Trinajstić information content (AvgIpc) is 2.68. The van der Waals surface area contributed by atoms with Gasteiger partial charge in [0.25, 0.3) is 5.91 Å². The molecule has 3 amide bonds. The number of nitrogens with one attached hydrogen (secondary N) is 3. The zero-order valence-corrected chi connectivity index (χ0v) is 16.4. The van der Waals surface area contributed by atoms with Gasteiger partial charge < -0.3 is 25.4 Å². The van der Waals surface area contributed by atoms with E-state index in [0.717, 1.165) is 0 Å². The maximum atomic E-state index is 13.1. The summed E-state index contributed by atoms with van der Waals surface area (Å²) in [5, 5.41) is 8.64. The van der Waals surface area contributed by atoms with Crippen molar-refractivity contribution in [3.8, 4) is 11.5 Å². The number of halogens is 1. The number of carbonyl (C=O) groups excluding carboxylic acids is 2. The molecule has 1 heterocycles. The van der Waals surface area contributed by atoms with Crippen LogP contribution in [0.15, 0.2) is 53.7 Å². The van der Waals surface area contributed by atoms with Crippen LogP contribution in [0.5, 0.6) is 11.5 Å². The van der Waals surface area contributed by atoms with Gasteiger partial charge in [0, 0.05) is 11.3 Å². The molecule has 0 saturated heterocycles. The number of para-hydroxylation sites is 1. The van der Waals surface area contributed by atoms with Crippen LogP contribution in [-0.4, -0.2) is 26.2 Å². The van der Waals surface area contributed by atoms with E-state index in [1.807, 2.05) is 0 Å². The highest BCUT2D eigenvalue weighted by Crippen LogP contribution is 2.36. The predicted molar refractivity (Wildman–Crippen MR) is 107 cm³/mol. The van der Waals surface area contributed by atoms with Crippen LogP contribution in [0.3, 0.4) is 0 Å². The van der Waals surface area contributed by atoms with Gasteiger partial charge in [-0.25, -0.2) is 4.79 Å². The van der Waals surface area contributed by atoms with Crippen LogP contribution in [0.25, 0.3) is 0 Å².